The first kappa shape index (κ1) is 12.0. The molecular formula is C12H24O2. The lowest BCUT2D eigenvalue weighted by Crippen LogP contribution is -2.27. The van der Waals surface area contributed by atoms with Gasteiger partial charge in [-0.3, -0.25) is 0 Å². The standard InChI is InChI=1S/C12H24O2/c1-9(2)13-11(4)14-12-7-5-10(3)6-8-12/h9-12H,5-8H2,1-4H3. The van der Waals surface area contributed by atoms with Gasteiger partial charge in [-0.05, 0) is 52.4 Å². The zero-order chi connectivity index (χ0) is 10.6. The van der Waals surface area contributed by atoms with Crippen LogP contribution in [-0.4, -0.2) is 18.5 Å². The molecule has 1 aliphatic rings. The number of hydrogen-bond acceptors (Lipinski definition) is 2. The van der Waals surface area contributed by atoms with E-state index in [-0.39, 0.29) is 12.4 Å². The molecule has 1 fully saturated rings. The van der Waals surface area contributed by atoms with Crippen molar-refractivity contribution in [3.63, 3.8) is 0 Å². The molecule has 0 aromatic carbocycles. The largest absolute Gasteiger partial charge is 0.350 e. The average Bonchev–Trinajstić information content (AvgIpc) is 2.07. The highest BCUT2D eigenvalue weighted by Gasteiger charge is 2.20. The van der Waals surface area contributed by atoms with Gasteiger partial charge in [0.1, 0.15) is 0 Å². The summed E-state index contributed by atoms with van der Waals surface area (Å²) in [5, 5.41) is 0. The summed E-state index contributed by atoms with van der Waals surface area (Å²) in [7, 11) is 0. The maximum Gasteiger partial charge on any atom is 0.155 e. The molecular weight excluding hydrogens is 176 g/mol. The Hall–Kier alpha value is -0.0800. The summed E-state index contributed by atoms with van der Waals surface area (Å²) < 4.78 is 11.4. The van der Waals surface area contributed by atoms with E-state index in [1.54, 1.807) is 0 Å². The molecule has 0 saturated heterocycles. The van der Waals surface area contributed by atoms with E-state index in [2.05, 4.69) is 6.92 Å². The molecule has 0 N–H and O–H groups in total. The minimum absolute atomic E-state index is 0.0478. The van der Waals surface area contributed by atoms with Gasteiger partial charge in [-0.2, -0.15) is 0 Å². The molecule has 1 aliphatic carbocycles. The van der Waals surface area contributed by atoms with Gasteiger partial charge in [0.15, 0.2) is 6.29 Å². The smallest absolute Gasteiger partial charge is 0.155 e. The van der Waals surface area contributed by atoms with Gasteiger partial charge < -0.3 is 9.47 Å². The molecule has 0 amide bonds. The van der Waals surface area contributed by atoms with Crippen LogP contribution in [0.1, 0.15) is 53.4 Å². The minimum Gasteiger partial charge on any atom is -0.350 e. The van der Waals surface area contributed by atoms with Crippen LogP contribution >= 0.6 is 0 Å². The summed E-state index contributed by atoms with van der Waals surface area (Å²) in [6.07, 6.45) is 5.65. The number of ether oxygens (including phenoxy) is 2. The zero-order valence-electron chi connectivity index (χ0n) is 9.95. The summed E-state index contributed by atoms with van der Waals surface area (Å²) in [6.45, 7) is 8.41. The van der Waals surface area contributed by atoms with Crippen molar-refractivity contribution in [1.29, 1.82) is 0 Å². The van der Waals surface area contributed by atoms with Gasteiger partial charge in [-0.1, -0.05) is 6.92 Å². The Morgan fingerprint density at radius 2 is 1.57 bits per heavy atom. The maximum absolute atomic E-state index is 5.83. The molecule has 0 heterocycles. The van der Waals surface area contributed by atoms with Crippen molar-refractivity contribution in [2.45, 2.75) is 71.9 Å². The zero-order valence-corrected chi connectivity index (χ0v) is 9.95. The third kappa shape index (κ3) is 4.43. The van der Waals surface area contributed by atoms with Crippen LogP contribution in [0.2, 0.25) is 0 Å². The van der Waals surface area contributed by atoms with Gasteiger partial charge in [0.2, 0.25) is 0 Å². The molecule has 0 aromatic rings. The average molecular weight is 200 g/mol. The highest BCUT2D eigenvalue weighted by Crippen LogP contribution is 2.26. The summed E-state index contributed by atoms with van der Waals surface area (Å²) in [5.74, 6) is 0.885. The third-order valence-electron chi connectivity index (χ3n) is 2.81. The quantitative estimate of drug-likeness (QED) is 0.648. The van der Waals surface area contributed by atoms with E-state index in [4.69, 9.17) is 9.47 Å². The lowest BCUT2D eigenvalue weighted by Gasteiger charge is -2.29. The first-order valence-corrected chi connectivity index (χ1v) is 5.89. The first-order valence-electron chi connectivity index (χ1n) is 5.89. The van der Waals surface area contributed by atoms with Crippen molar-refractivity contribution in [2.24, 2.45) is 5.92 Å². The molecule has 84 valence electrons. The minimum atomic E-state index is -0.0478. The van der Waals surface area contributed by atoms with E-state index in [0.717, 1.165) is 5.92 Å². The Labute approximate surface area is 88.0 Å². The Kier molecular flexibility index (Phi) is 4.90. The summed E-state index contributed by atoms with van der Waals surface area (Å²) in [5.41, 5.74) is 0. The Balaban J connectivity index is 2.17. The van der Waals surface area contributed by atoms with Crippen LogP contribution in [0.25, 0.3) is 0 Å². The van der Waals surface area contributed by atoms with Crippen molar-refractivity contribution < 1.29 is 9.47 Å². The molecule has 2 heteroatoms. The number of hydrogen-bond donors (Lipinski definition) is 0. The van der Waals surface area contributed by atoms with E-state index < -0.39 is 0 Å². The second-order valence-electron chi connectivity index (χ2n) is 4.77. The van der Waals surface area contributed by atoms with Crippen LogP contribution in [-0.2, 0) is 9.47 Å². The van der Waals surface area contributed by atoms with Crippen molar-refractivity contribution in [1.82, 2.24) is 0 Å². The molecule has 1 rings (SSSR count). The second kappa shape index (κ2) is 5.72. The van der Waals surface area contributed by atoms with E-state index in [9.17, 15) is 0 Å². The monoisotopic (exact) mass is 200 g/mol. The topological polar surface area (TPSA) is 18.5 Å². The van der Waals surface area contributed by atoms with Crippen molar-refractivity contribution in [3.8, 4) is 0 Å². The van der Waals surface area contributed by atoms with Crippen molar-refractivity contribution >= 4 is 0 Å². The molecule has 0 bridgehead atoms. The maximum atomic E-state index is 5.83. The van der Waals surface area contributed by atoms with E-state index in [1.807, 2.05) is 20.8 Å². The van der Waals surface area contributed by atoms with Crippen LogP contribution in [0.3, 0.4) is 0 Å². The van der Waals surface area contributed by atoms with Gasteiger partial charge in [0, 0.05) is 0 Å². The Morgan fingerprint density at radius 3 is 2.07 bits per heavy atom. The molecule has 0 radical (unpaired) electrons. The van der Waals surface area contributed by atoms with E-state index in [1.165, 1.54) is 25.7 Å². The van der Waals surface area contributed by atoms with Crippen LogP contribution in [0.4, 0.5) is 0 Å². The number of rotatable bonds is 4. The summed E-state index contributed by atoms with van der Waals surface area (Å²) >= 11 is 0. The van der Waals surface area contributed by atoms with Gasteiger partial charge in [-0.15, -0.1) is 0 Å². The van der Waals surface area contributed by atoms with Crippen LogP contribution in [0.15, 0.2) is 0 Å². The van der Waals surface area contributed by atoms with Gasteiger partial charge in [-0.25, -0.2) is 0 Å². The molecule has 2 nitrogen and oxygen atoms in total. The van der Waals surface area contributed by atoms with Crippen molar-refractivity contribution in [2.75, 3.05) is 0 Å². The Morgan fingerprint density at radius 1 is 1.00 bits per heavy atom. The molecule has 1 atom stereocenters. The predicted octanol–water partition coefficient (Wildman–Crippen LogP) is 3.35. The molecule has 1 saturated carbocycles. The van der Waals surface area contributed by atoms with Gasteiger partial charge >= 0.3 is 0 Å². The summed E-state index contributed by atoms with van der Waals surface area (Å²) in [4.78, 5) is 0. The van der Waals surface area contributed by atoms with Gasteiger partial charge in [0.05, 0.1) is 12.2 Å². The molecule has 1 unspecified atom stereocenters. The normalized spacial score (nSPS) is 30.6. The van der Waals surface area contributed by atoms with Gasteiger partial charge in [0.25, 0.3) is 0 Å². The molecule has 14 heavy (non-hydrogen) atoms. The van der Waals surface area contributed by atoms with E-state index in [0.29, 0.717) is 6.10 Å². The van der Waals surface area contributed by atoms with E-state index >= 15 is 0 Å². The SMILES string of the molecule is CC1CCC(OC(C)OC(C)C)CC1. The molecule has 0 aromatic heterocycles. The fourth-order valence-electron chi connectivity index (χ4n) is 2.05. The lowest BCUT2D eigenvalue weighted by molar-refractivity contribution is -0.184. The Bertz CT molecular complexity index is 148. The van der Waals surface area contributed by atoms with Crippen molar-refractivity contribution in [3.05, 3.63) is 0 Å². The fraction of sp³-hybridized carbons (Fsp3) is 1.00. The predicted molar refractivity (Wildman–Crippen MR) is 58.2 cm³/mol. The van der Waals surface area contributed by atoms with Crippen LogP contribution < -0.4 is 0 Å². The third-order valence-corrected chi connectivity index (χ3v) is 2.81. The molecule has 0 spiro atoms. The molecule has 0 aliphatic heterocycles. The fourth-order valence-corrected chi connectivity index (χ4v) is 2.05. The highest BCUT2D eigenvalue weighted by molar-refractivity contribution is 4.70. The highest BCUT2D eigenvalue weighted by atomic mass is 16.7. The first-order chi connectivity index (χ1) is 6.58. The second-order valence-corrected chi connectivity index (χ2v) is 4.77. The summed E-state index contributed by atoms with van der Waals surface area (Å²) in [6, 6.07) is 0. The lowest BCUT2D eigenvalue weighted by atomic mass is 9.89. The van der Waals surface area contributed by atoms with Crippen LogP contribution in [0, 0.1) is 5.92 Å². The van der Waals surface area contributed by atoms with Crippen LogP contribution in [0.5, 0.6) is 0 Å².